The Kier molecular flexibility index (Phi) is 6.30. The smallest absolute Gasteiger partial charge is 0.275 e. The van der Waals surface area contributed by atoms with Gasteiger partial charge in [-0.1, -0.05) is 40.2 Å². The Bertz CT molecular complexity index is 643. The molecule has 0 saturated heterocycles. The average Bonchev–Trinajstić information content (AvgIpc) is 2.50. The van der Waals surface area contributed by atoms with Gasteiger partial charge in [-0.05, 0) is 36.8 Å². The molecule has 1 amide bonds. The molecular formula is C18H21BrFN2O+. The van der Waals surface area contributed by atoms with Gasteiger partial charge >= 0.3 is 0 Å². The molecule has 0 aliphatic rings. The first-order valence-electron chi connectivity index (χ1n) is 7.54. The number of hydrogen-bond donors (Lipinski definition) is 2. The molecular weight excluding hydrogens is 359 g/mol. The summed E-state index contributed by atoms with van der Waals surface area (Å²) in [6.07, 6.45) is 0. The summed E-state index contributed by atoms with van der Waals surface area (Å²) < 4.78 is 13.9. The first-order valence-corrected chi connectivity index (χ1v) is 8.34. The maximum Gasteiger partial charge on any atom is 0.275 e. The summed E-state index contributed by atoms with van der Waals surface area (Å²) in [7, 11) is 1.95. The molecule has 0 bridgehead atoms. The van der Waals surface area contributed by atoms with Gasteiger partial charge < -0.3 is 10.2 Å². The van der Waals surface area contributed by atoms with Crippen LogP contribution in [0.5, 0.6) is 0 Å². The van der Waals surface area contributed by atoms with Crippen LogP contribution in [0.3, 0.4) is 0 Å². The lowest BCUT2D eigenvalue weighted by atomic mass is 10.1. The summed E-state index contributed by atoms with van der Waals surface area (Å²) >= 11 is 3.40. The van der Waals surface area contributed by atoms with Crippen molar-refractivity contribution in [2.75, 3.05) is 13.6 Å². The molecule has 122 valence electrons. The molecule has 3 nitrogen and oxygen atoms in total. The van der Waals surface area contributed by atoms with Gasteiger partial charge in [0, 0.05) is 10.0 Å². The number of likely N-dealkylation sites (N-methyl/N-ethyl adjacent to an activating group) is 1. The normalized spacial score (nSPS) is 13.4. The number of benzene rings is 2. The van der Waals surface area contributed by atoms with Gasteiger partial charge in [0.25, 0.3) is 5.91 Å². The molecule has 5 heteroatoms. The van der Waals surface area contributed by atoms with Crippen molar-refractivity contribution in [3.05, 3.63) is 69.9 Å². The summed E-state index contributed by atoms with van der Waals surface area (Å²) in [6.45, 7) is 3.02. The Balaban J connectivity index is 1.83. The molecule has 0 aromatic heterocycles. The lowest BCUT2D eigenvalue weighted by Crippen LogP contribution is -3.08. The van der Waals surface area contributed by atoms with E-state index in [-0.39, 0.29) is 17.8 Å². The molecule has 23 heavy (non-hydrogen) atoms. The number of carbonyl (C=O) groups is 1. The molecule has 2 atom stereocenters. The van der Waals surface area contributed by atoms with Crippen LogP contribution in [0.15, 0.2) is 53.0 Å². The van der Waals surface area contributed by atoms with Crippen molar-refractivity contribution < 1.29 is 14.1 Å². The number of hydrogen-bond acceptors (Lipinski definition) is 1. The van der Waals surface area contributed by atoms with Gasteiger partial charge in [0.15, 0.2) is 6.54 Å². The van der Waals surface area contributed by atoms with E-state index in [4.69, 9.17) is 0 Å². The van der Waals surface area contributed by atoms with Crippen molar-refractivity contribution in [1.29, 1.82) is 0 Å². The van der Waals surface area contributed by atoms with E-state index in [1.54, 1.807) is 12.1 Å². The van der Waals surface area contributed by atoms with E-state index < -0.39 is 0 Å². The molecule has 1 unspecified atom stereocenters. The molecule has 0 spiro atoms. The summed E-state index contributed by atoms with van der Waals surface area (Å²) in [4.78, 5) is 13.2. The Hall–Kier alpha value is -1.72. The lowest BCUT2D eigenvalue weighted by molar-refractivity contribution is -0.885. The van der Waals surface area contributed by atoms with E-state index >= 15 is 0 Å². The fourth-order valence-corrected chi connectivity index (χ4v) is 2.68. The van der Waals surface area contributed by atoms with Crippen LogP contribution in [-0.4, -0.2) is 19.5 Å². The monoisotopic (exact) mass is 379 g/mol. The van der Waals surface area contributed by atoms with Crippen LogP contribution in [0.2, 0.25) is 0 Å². The van der Waals surface area contributed by atoms with Crippen LogP contribution >= 0.6 is 15.9 Å². The Morgan fingerprint density at radius 2 is 1.78 bits per heavy atom. The van der Waals surface area contributed by atoms with Gasteiger partial charge in [-0.25, -0.2) is 4.39 Å². The summed E-state index contributed by atoms with van der Waals surface area (Å²) in [5.41, 5.74) is 2.08. The largest absolute Gasteiger partial charge is 0.345 e. The third kappa shape index (κ3) is 5.77. The van der Waals surface area contributed by atoms with E-state index in [9.17, 15) is 9.18 Å². The average molecular weight is 380 g/mol. The maximum atomic E-state index is 12.9. The number of amides is 1. The molecule has 0 aliphatic heterocycles. The first-order chi connectivity index (χ1) is 10.9. The minimum absolute atomic E-state index is 0.0000282. The van der Waals surface area contributed by atoms with Crippen LogP contribution < -0.4 is 10.2 Å². The quantitative estimate of drug-likeness (QED) is 0.794. The van der Waals surface area contributed by atoms with Crippen LogP contribution in [-0.2, 0) is 11.3 Å². The third-order valence-electron chi connectivity index (χ3n) is 3.63. The SMILES string of the molecule is C[C@@H](NC(=O)C[NH+](C)Cc1ccc(F)cc1)c1ccc(Br)cc1. The van der Waals surface area contributed by atoms with Crippen molar-refractivity contribution >= 4 is 21.8 Å². The van der Waals surface area contributed by atoms with Crippen LogP contribution in [0.1, 0.15) is 24.1 Å². The second kappa shape index (κ2) is 8.22. The highest BCUT2D eigenvalue weighted by atomic mass is 79.9. The minimum atomic E-state index is -0.243. The van der Waals surface area contributed by atoms with Crippen molar-refractivity contribution in [2.24, 2.45) is 0 Å². The molecule has 0 saturated carbocycles. The maximum absolute atomic E-state index is 12.9. The van der Waals surface area contributed by atoms with Gasteiger partial charge in [-0.2, -0.15) is 0 Å². The molecule has 2 aromatic rings. The highest BCUT2D eigenvalue weighted by Gasteiger charge is 2.14. The number of quaternary nitrogens is 1. The standard InChI is InChI=1S/C18H20BrFN2O/c1-13(15-5-7-16(19)8-6-15)21-18(23)12-22(2)11-14-3-9-17(20)10-4-14/h3-10,13H,11-12H2,1-2H3,(H,21,23)/p+1/t13-/m1/s1. The second-order valence-electron chi connectivity index (χ2n) is 5.78. The van der Waals surface area contributed by atoms with Crippen molar-refractivity contribution in [2.45, 2.75) is 19.5 Å². The van der Waals surface area contributed by atoms with Crippen molar-refractivity contribution in [3.63, 3.8) is 0 Å². The Labute approximate surface area is 144 Å². The van der Waals surface area contributed by atoms with Gasteiger partial charge in [0.05, 0.1) is 13.1 Å². The van der Waals surface area contributed by atoms with E-state index in [0.717, 1.165) is 20.5 Å². The fraction of sp³-hybridized carbons (Fsp3) is 0.278. The Morgan fingerprint density at radius 3 is 2.39 bits per heavy atom. The predicted octanol–water partition coefficient (Wildman–Crippen LogP) is 2.48. The molecule has 0 fully saturated rings. The number of rotatable bonds is 6. The third-order valence-corrected chi connectivity index (χ3v) is 4.16. The summed E-state index contributed by atoms with van der Waals surface area (Å²) in [5.74, 6) is -0.243. The Morgan fingerprint density at radius 1 is 1.17 bits per heavy atom. The van der Waals surface area contributed by atoms with Gasteiger partial charge in [-0.3, -0.25) is 4.79 Å². The molecule has 0 heterocycles. The number of carbonyl (C=O) groups excluding carboxylic acids is 1. The first kappa shape index (κ1) is 17.6. The zero-order valence-corrected chi connectivity index (χ0v) is 14.9. The number of nitrogens with one attached hydrogen (secondary N) is 2. The molecule has 2 rings (SSSR count). The van der Waals surface area contributed by atoms with Gasteiger partial charge in [-0.15, -0.1) is 0 Å². The predicted molar refractivity (Wildman–Crippen MR) is 92.6 cm³/mol. The molecule has 2 N–H and O–H groups in total. The van der Waals surface area contributed by atoms with E-state index in [1.807, 2.05) is 38.2 Å². The van der Waals surface area contributed by atoms with Crippen LogP contribution in [0.4, 0.5) is 4.39 Å². The fourth-order valence-electron chi connectivity index (χ4n) is 2.41. The van der Waals surface area contributed by atoms with E-state index in [1.165, 1.54) is 12.1 Å². The zero-order valence-electron chi connectivity index (χ0n) is 13.3. The van der Waals surface area contributed by atoms with Crippen LogP contribution in [0, 0.1) is 5.82 Å². The van der Waals surface area contributed by atoms with E-state index in [2.05, 4.69) is 21.2 Å². The molecule has 0 radical (unpaired) electrons. The van der Waals surface area contributed by atoms with Crippen LogP contribution in [0.25, 0.3) is 0 Å². The molecule has 0 aliphatic carbocycles. The summed E-state index contributed by atoms with van der Waals surface area (Å²) in [6, 6.07) is 14.3. The summed E-state index contributed by atoms with van der Waals surface area (Å²) in [5, 5.41) is 3.01. The van der Waals surface area contributed by atoms with E-state index in [0.29, 0.717) is 13.1 Å². The van der Waals surface area contributed by atoms with Crippen molar-refractivity contribution in [1.82, 2.24) is 5.32 Å². The topological polar surface area (TPSA) is 33.5 Å². The highest BCUT2D eigenvalue weighted by Crippen LogP contribution is 2.16. The zero-order chi connectivity index (χ0) is 16.8. The van der Waals surface area contributed by atoms with Crippen molar-refractivity contribution in [3.8, 4) is 0 Å². The molecule has 2 aromatic carbocycles. The van der Waals surface area contributed by atoms with Gasteiger partial charge in [0.1, 0.15) is 12.4 Å². The lowest BCUT2D eigenvalue weighted by Gasteiger charge is -2.17. The highest BCUT2D eigenvalue weighted by molar-refractivity contribution is 9.10. The van der Waals surface area contributed by atoms with Gasteiger partial charge in [0.2, 0.25) is 0 Å². The minimum Gasteiger partial charge on any atom is -0.345 e. The second-order valence-corrected chi connectivity index (χ2v) is 6.69. The number of halogens is 2.